The maximum atomic E-state index is 5.69. The van der Waals surface area contributed by atoms with E-state index in [1.165, 1.54) is 11.1 Å². The van der Waals surface area contributed by atoms with Crippen molar-refractivity contribution < 1.29 is 0 Å². The molecule has 0 saturated carbocycles. The van der Waals surface area contributed by atoms with E-state index in [-0.39, 0.29) is 0 Å². The van der Waals surface area contributed by atoms with Crippen molar-refractivity contribution in [1.29, 1.82) is 0 Å². The number of hydrogen-bond acceptors (Lipinski definition) is 2. The summed E-state index contributed by atoms with van der Waals surface area (Å²) in [4.78, 5) is 0. The van der Waals surface area contributed by atoms with Gasteiger partial charge in [0.25, 0.3) is 0 Å². The highest BCUT2D eigenvalue weighted by atomic mass is 14.9. The number of anilines is 1. The van der Waals surface area contributed by atoms with Crippen LogP contribution >= 0.6 is 0 Å². The molecule has 0 radical (unpaired) electrons. The fourth-order valence-corrected chi connectivity index (χ4v) is 2.15. The number of nitrogens with one attached hydrogen (secondary N) is 1. The van der Waals surface area contributed by atoms with Gasteiger partial charge in [-0.1, -0.05) is 81.1 Å². The zero-order valence-electron chi connectivity index (χ0n) is 15.4. The van der Waals surface area contributed by atoms with Gasteiger partial charge >= 0.3 is 0 Å². The number of benzene rings is 2. The maximum absolute atomic E-state index is 5.69. The van der Waals surface area contributed by atoms with Gasteiger partial charge in [0.2, 0.25) is 0 Å². The minimum atomic E-state index is 0.832. The Morgan fingerprint density at radius 1 is 0.920 bits per heavy atom. The third-order valence-corrected chi connectivity index (χ3v) is 3.48. The largest absolute Gasteiger partial charge is 0.403 e. The van der Waals surface area contributed by atoms with E-state index in [4.69, 9.17) is 5.73 Å². The average Bonchev–Trinajstić information content (AvgIpc) is 2.70. The molecule has 0 aliphatic rings. The Morgan fingerprint density at radius 2 is 1.52 bits per heavy atom. The second kappa shape index (κ2) is 11.5. The molecule has 130 valence electrons. The fraction of sp³-hybridized carbons (Fsp3) is 0.130. The second-order valence-corrected chi connectivity index (χ2v) is 5.02. The first-order valence-electron chi connectivity index (χ1n) is 8.58. The topological polar surface area (TPSA) is 38.0 Å². The van der Waals surface area contributed by atoms with Gasteiger partial charge in [-0.2, -0.15) is 0 Å². The first kappa shape index (κ1) is 20.0. The normalized spacial score (nSPS) is 11.6. The smallest absolute Gasteiger partial charge is 0.0541 e. The van der Waals surface area contributed by atoms with E-state index in [0.29, 0.717) is 0 Å². The average molecular weight is 332 g/mol. The van der Waals surface area contributed by atoms with E-state index in [0.717, 1.165) is 17.0 Å². The molecular weight excluding hydrogens is 304 g/mol. The van der Waals surface area contributed by atoms with Gasteiger partial charge in [0, 0.05) is 11.9 Å². The number of hydrogen-bond donors (Lipinski definition) is 2. The lowest BCUT2D eigenvalue weighted by Crippen LogP contribution is -1.99. The predicted molar refractivity (Wildman–Crippen MR) is 112 cm³/mol. The molecule has 0 aliphatic carbocycles. The molecule has 0 amide bonds. The summed E-state index contributed by atoms with van der Waals surface area (Å²) in [5.74, 6) is 0. The molecule has 2 nitrogen and oxygen atoms in total. The summed E-state index contributed by atoms with van der Waals surface area (Å²) in [6.45, 7) is 9.74. The molecule has 0 fully saturated rings. The van der Waals surface area contributed by atoms with Gasteiger partial charge in [0.15, 0.2) is 0 Å². The Labute approximate surface area is 152 Å². The van der Waals surface area contributed by atoms with E-state index >= 15 is 0 Å². The van der Waals surface area contributed by atoms with Gasteiger partial charge in [0.05, 0.1) is 5.70 Å². The molecule has 2 aromatic rings. The second-order valence-electron chi connectivity index (χ2n) is 5.02. The molecule has 0 atom stereocenters. The van der Waals surface area contributed by atoms with Crippen molar-refractivity contribution in [2.45, 2.75) is 20.8 Å². The SMILES string of the molecule is C=CC(/C=C/C(=C\N)Nc1ccc(-c2ccccc2)cc1)=C\C.CC. The number of allylic oxidation sites excluding steroid dienone is 5. The van der Waals surface area contributed by atoms with Crippen LogP contribution < -0.4 is 11.1 Å². The van der Waals surface area contributed by atoms with Crippen molar-refractivity contribution in [3.8, 4) is 11.1 Å². The number of nitrogens with two attached hydrogens (primary N) is 1. The summed E-state index contributed by atoms with van der Waals surface area (Å²) >= 11 is 0. The molecule has 0 unspecified atom stereocenters. The van der Waals surface area contributed by atoms with Crippen molar-refractivity contribution in [1.82, 2.24) is 0 Å². The standard InChI is InChI=1S/C21H22N2.C2H6/c1-3-17(4-2)10-13-21(16-22)23-20-14-11-19(12-15-20)18-8-6-5-7-9-18;1-2/h3-16,23H,1,22H2,2H3;1-2H3/b13-10+,17-4+,21-16+;. The highest BCUT2D eigenvalue weighted by Gasteiger charge is 1.98. The molecule has 2 rings (SSSR count). The van der Waals surface area contributed by atoms with E-state index in [2.05, 4.69) is 36.2 Å². The molecule has 0 spiro atoms. The summed E-state index contributed by atoms with van der Waals surface area (Å²) < 4.78 is 0. The van der Waals surface area contributed by atoms with Crippen LogP contribution in [0.5, 0.6) is 0 Å². The highest BCUT2D eigenvalue weighted by Crippen LogP contribution is 2.21. The molecule has 0 aliphatic heterocycles. The molecule has 0 heterocycles. The van der Waals surface area contributed by atoms with Crippen LogP contribution in [0.25, 0.3) is 11.1 Å². The molecular formula is C23H28N2. The van der Waals surface area contributed by atoms with E-state index in [1.807, 2.05) is 69.3 Å². The molecule has 2 heteroatoms. The van der Waals surface area contributed by atoms with Crippen molar-refractivity contribution in [3.05, 3.63) is 103 Å². The zero-order chi connectivity index (χ0) is 18.5. The van der Waals surface area contributed by atoms with Gasteiger partial charge in [-0.15, -0.1) is 0 Å². The Kier molecular flexibility index (Phi) is 9.24. The quantitative estimate of drug-likeness (QED) is 0.611. The summed E-state index contributed by atoms with van der Waals surface area (Å²) in [7, 11) is 0. The van der Waals surface area contributed by atoms with Gasteiger partial charge in [-0.25, -0.2) is 0 Å². The summed E-state index contributed by atoms with van der Waals surface area (Å²) in [6, 6.07) is 18.6. The summed E-state index contributed by atoms with van der Waals surface area (Å²) in [5, 5.41) is 3.30. The maximum Gasteiger partial charge on any atom is 0.0541 e. The van der Waals surface area contributed by atoms with Crippen molar-refractivity contribution >= 4 is 5.69 Å². The van der Waals surface area contributed by atoms with Crippen molar-refractivity contribution in [2.24, 2.45) is 5.73 Å². The summed E-state index contributed by atoms with van der Waals surface area (Å²) in [5.41, 5.74) is 11.0. The first-order valence-corrected chi connectivity index (χ1v) is 8.58. The predicted octanol–water partition coefficient (Wildman–Crippen LogP) is 6.28. The lowest BCUT2D eigenvalue weighted by atomic mass is 10.1. The van der Waals surface area contributed by atoms with Gasteiger partial charge < -0.3 is 11.1 Å². The molecule has 25 heavy (non-hydrogen) atoms. The van der Waals surface area contributed by atoms with E-state index in [9.17, 15) is 0 Å². The Hall–Kier alpha value is -3.00. The Bertz CT molecular complexity index is 720. The van der Waals surface area contributed by atoms with Crippen molar-refractivity contribution in [2.75, 3.05) is 5.32 Å². The van der Waals surface area contributed by atoms with Gasteiger partial charge in [-0.3, -0.25) is 0 Å². The third-order valence-electron chi connectivity index (χ3n) is 3.48. The van der Waals surface area contributed by atoms with Crippen LogP contribution in [0.4, 0.5) is 5.69 Å². The molecule has 3 N–H and O–H groups in total. The zero-order valence-corrected chi connectivity index (χ0v) is 15.4. The lowest BCUT2D eigenvalue weighted by Gasteiger charge is -2.08. The van der Waals surface area contributed by atoms with Crippen LogP contribution in [0.15, 0.2) is 103 Å². The Morgan fingerprint density at radius 3 is 2.04 bits per heavy atom. The van der Waals surface area contributed by atoms with E-state index < -0.39 is 0 Å². The van der Waals surface area contributed by atoms with Crippen LogP contribution in [-0.4, -0.2) is 0 Å². The third kappa shape index (κ3) is 6.56. The van der Waals surface area contributed by atoms with Crippen LogP contribution in [0.1, 0.15) is 20.8 Å². The fourth-order valence-electron chi connectivity index (χ4n) is 2.15. The molecule has 0 aromatic heterocycles. The minimum absolute atomic E-state index is 0.832. The van der Waals surface area contributed by atoms with Crippen LogP contribution in [0.3, 0.4) is 0 Å². The van der Waals surface area contributed by atoms with E-state index in [1.54, 1.807) is 12.3 Å². The Balaban J connectivity index is 0.00000151. The van der Waals surface area contributed by atoms with Crippen LogP contribution in [0.2, 0.25) is 0 Å². The minimum Gasteiger partial charge on any atom is -0.403 e. The molecule has 0 bridgehead atoms. The monoisotopic (exact) mass is 332 g/mol. The molecule has 2 aromatic carbocycles. The number of rotatable bonds is 6. The summed E-state index contributed by atoms with van der Waals surface area (Å²) in [6.07, 6.45) is 9.25. The van der Waals surface area contributed by atoms with Crippen molar-refractivity contribution in [3.63, 3.8) is 0 Å². The van der Waals surface area contributed by atoms with Gasteiger partial charge in [-0.05, 0) is 41.8 Å². The molecule has 0 saturated heterocycles. The highest BCUT2D eigenvalue weighted by molar-refractivity contribution is 5.66. The first-order chi connectivity index (χ1) is 12.3. The van der Waals surface area contributed by atoms with Crippen LogP contribution in [0, 0.1) is 0 Å². The van der Waals surface area contributed by atoms with Crippen LogP contribution in [-0.2, 0) is 0 Å². The lowest BCUT2D eigenvalue weighted by molar-refractivity contribution is 1.41. The van der Waals surface area contributed by atoms with Gasteiger partial charge in [0.1, 0.15) is 0 Å².